The van der Waals surface area contributed by atoms with Crippen molar-refractivity contribution in [3.8, 4) is 11.6 Å². The minimum Gasteiger partial charge on any atom is -0.492 e. The molecule has 1 aromatic carbocycles. The van der Waals surface area contributed by atoms with E-state index in [9.17, 15) is 9.90 Å². The van der Waals surface area contributed by atoms with Crippen molar-refractivity contribution < 1.29 is 9.84 Å². The van der Waals surface area contributed by atoms with E-state index in [1.165, 1.54) is 10.9 Å². The predicted molar refractivity (Wildman–Crippen MR) is 140 cm³/mol. The molecule has 3 aromatic heterocycles. The number of nitrogens with one attached hydrogen (secondary N) is 1. The van der Waals surface area contributed by atoms with Gasteiger partial charge in [0.2, 0.25) is 5.95 Å². The van der Waals surface area contributed by atoms with E-state index in [2.05, 4.69) is 31.7 Å². The van der Waals surface area contributed by atoms with E-state index in [1.54, 1.807) is 42.8 Å². The Hall–Kier alpha value is -4.02. The van der Waals surface area contributed by atoms with Crippen LogP contribution in [-0.2, 0) is 12.1 Å². The van der Waals surface area contributed by atoms with Gasteiger partial charge < -0.3 is 20.1 Å². The highest BCUT2D eigenvalue weighted by atomic mass is 16.5. The third kappa shape index (κ3) is 5.45. The van der Waals surface area contributed by atoms with Crippen LogP contribution in [0.3, 0.4) is 0 Å². The van der Waals surface area contributed by atoms with Crippen molar-refractivity contribution in [1.82, 2.24) is 29.2 Å². The number of benzene rings is 1. The van der Waals surface area contributed by atoms with Gasteiger partial charge in [0.05, 0.1) is 12.2 Å². The summed E-state index contributed by atoms with van der Waals surface area (Å²) in [6.07, 6.45) is 3.13. The SMILES string of the molecule is C=CCn1c(=O)c2cnc(Nc3ccc(OCCN(C)C)cc3)nc2n1-c1cccc(C(C)(C)O)n1. The fourth-order valence-electron chi connectivity index (χ4n) is 3.60. The lowest BCUT2D eigenvalue weighted by Gasteiger charge is -2.18. The maximum absolute atomic E-state index is 13.1. The van der Waals surface area contributed by atoms with Crippen LogP contribution in [0.1, 0.15) is 19.5 Å². The lowest BCUT2D eigenvalue weighted by Crippen LogP contribution is -2.23. The second-order valence-electron chi connectivity index (χ2n) is 9.16. The maximum Gasteiger partial charge on any atom is 0.278 e. The van der Waals surface area contributed by atoms with Crippen molar-refractivity contribution >= 4 is 22.7 Å². The lowest BCUT2D eigenvalue weighted by molar-refractivity contribution is 0.0738. The lowest BCUT2D eigenvalue weighted by atomic mass is 10.1. The first-order valence-electron chi connectivity index (χ1n) is 11.6. The largest absolute Gasteiger partial charge is 0.492 e. The molecule has 0 aliphatic carbocycles. The van der Waals surface area contributed by atoms with Crippen LogP contribution in [0.15, 0.2) is 66.1 Å². The van der Waals surface area contributed by atoms with Crippen molar-refractivity contribution in [2.75, 3.05) is 32.6 Å². The molecule has 0 aliphatic heterocycles. The zero-order valence-corrected chi connectivity index (χ0v) is 21.0. The van der Waals surface area contributed by atoms with Crippen molar-refractivity contribution in [3.63, 3.8) is 0 Å². The van der Waals surface area contributed by atoms with Gasteiger partial charge in [-0.25, -0.2) is 19.3 Å². The van der Waals surface area contributed by atoms with Crippen LogP contribution >= 0.6 is 0 Å². The summed E-state index contributed by atoms with van der Waals surface area (Å²) in [6.45, 7) is 8.77. The summed E-state index contributed by atoms with van der Waals surface area (Å²) in [4.78, 5) is 28.8. The molecule has 188 valence electrons. The molecule has 0 unspecified atom stereocenters. The molecular weight excluding hydrogens is 458 g/mol. The average molecular weight is 490 g/mol. The van der Waals surface area contributed by atoms with Crippen molar-refractivity contribution in [1.29, 1.82) is 0 Å². The Morgan fingerprint density at radius 1 is 1.17 bits per heavy atom. The number of rotatable bonds is 10. The molecule has 10 heteroatoms. The number of pyridine rings is 1. The molecule has 0 saturated carbocycles. The summed E-state index contributed by atoms with van der Waals surface area (Å²) in [5, 5.41) is 14.0. The summed E-state index contributed by atoms with van der Waals surface area (Å²) >= 11 is 0. The van der Waals surface area contributed by atoms with Crippen LogP contribution in [0.5, 0.6) is 5.75 Å². The van der Waals surface area contributed by atoms with Crippen molar-refractivity contribution in [3.05, 3.63) is 77.4 Å². The molecule has 0 bridgehead atoms. The fraction of sp³-hybridized carbons (Fsp3) is 0.308. The highest BCUT2D eigenvalue weighted by Crippen LogP contribution is 2.22. The van der Waals surface area contributed by atoms with Crippen LogP contribution in [0.4, 0.5) is 11.6 Å². The fourth-order valence-corrected chi connectivity index (χ4v) is 3.60. The van der Waals surface area contributed by atoms with E-state index in [1.807, 2.05) is 38.4 Å². The Morgan fingerprint density at radius 2 is 1.92 bits per heavy atom. The number of anilines is 2. The number of allylic oxidation sites excluding steroid dienone is 1. The average Bonchev–Trinajstić information content (AvgIpc) is 3.10. The molecule has 4 rings (SSSR count). The maximum atomic E-state index is 13.1. The summed E-state index contributed by atoms with van der Waals surface area (Å²) in [6, 6.07) is 12.8. The van der Waals surface area contributed by atoms with Crippen molar-refractivity contribution in [2.24, 2.45) is 0 Å². The van der Waals surface area contributed by atoms with Gasteiger partial charge in [0, 0.05) is 18.4 Å². The molecule has 10 nitrogen and oxygen atoms in total. The minimum atomic E-state index is -1.15. The molecule has 0 spiro atoms. The molecular formula is C26H31N7O3. The number of aliphatic hydroxyl groups is 1. The first-order valence-corrected chi connectivity index (χ1v) is 11.6. The van der Waals surface area contributed by atoms with Crippen LogP contribution in [0.2, 0.25) is 0 Å². The summed E-state index contributed by atoms with van der Waals surface area (Å²) < 4.78 is 8.86. The predicted octanol–water partition coefficient (Wildman–Crippen LogP) is 3.07. The Bertz CT molecular complexity index is 1420. The Kier molecular flexibility index (Phi) is 7.18. The van der Waals surface area contributed by atoms with E-state index < -0.39 is 5.60 Å². The monoisotopic (exact) mass is 489 g/mol. The van der Waals surface area contributed by atoms with E-state index in [-0.39, 0.29) is 12.1 Å². The number of fused-ring (bicyclic) bond motifs is 1. The zero-order chi connectivity index (χ0) is 25.9. The molecule has 0 radical (unpaired) electrons. The molecule has 0 saturated heterocycles. The smallest absolute Gasteiger partial charge is 0.278 e. The Morgan fingerprint density at radius 3 is 2.58 bits per heavy atom. The highest BCUT2D eigenvalue weighted by Gasteiger charge is 2.21. The van der Waals surface area contributed by atoms with Gasteiger partial charge in [0.1, 0.15) is 23.3 Å². The zero-order valence-electron chi connectivity index (χ0n) is 21.0. The van der Waals surface area contributed by atoms with Gasteiger partial charge in [0.25, 0.3) is 5.56 Å². The minimum absolute atomic E-state index is 0.252. The Balaban J connectivity index is 1.69. The summed E-state index contributed by atoms with van der Waals surface area (Å²) in [5.41, 5.74) is 0.234. The van der Waals surface area contributed by atoms with E-state index in [0.29, 0.717) is 35.1 Å². The van der Waals surface area contributed by atoms with Gasteiger partial charge in [-0.05, 0) is 64.3 Å². The van der Waals surface area contributed by atoms with Gasteiger partial charge in [-0.1, -0.05) is 12.1 Å². The van der Waals surface area contributed by atoms with Crippen LogP contribution < -0.4 is 15.6 Å². The normalized spacial score (nSPS) is 11.7. The first kappa shape index (κ1) is 25.1. The number of hydrogen-bond acceptors (Lipinski definition) is 8. The molecule has 36 heavy (non-hydrogen) atoms. The molecule has 0 amide bonds. The molecule has 0 aliphatic rings. The third-order valence-electron chi connectivity index (χ3n) is 5.47. The second-order valence-corrected chi connectivity index (χ2v) is 9.16. The van der Waals surface area contributed by atoms with Gasteiger partial charge in [0.15, 0.2) is 11.5 Å². The Labute approximate surface area is 209 Å². The molecule has 0 fully saturated rings. The third-order valence-corrected chi connectivity index (χ3v) is 5.47. The van der Waals surface area contributed by atoms with Crippen LogP contribution in [0, 0.1) is 0 Å². The number of likely N-dealkylation sites (N-methyl/N-ethyl adjacent to an activating group) is 1. The summed E-state index contributed by atoms with van der Waals surface area (Å²) in [7, 11) is 4.00. The molecule has 2 N–H and O–H groups in total. The van der Waals surface area contributed by atoms with Gasteiger partial charge >= 0.3 is 0 Å². The van der Waals surface area contributed by atoms with Gasteiger partial charge in [-0.2, -0.15) is 4.98 Å². The summed E-state index contributed by atoms with van der Waals surface area (Å²) in [5.74, 6) is 1.55. The van der Waals surface area contributed by atoms with Crippen LogP contribution in [-0.4, -0.2) is 61.6 Å². The molecule has 4 aromatic rings. The highest BCUT2D eigenvalue weighted by molar-refractivity contribution is 5.77. The van der Waals surface area contributed by atoms with Crippen molar-refractivity contribution in [2.45, 2.75) is 26.0 Å². The quantitative estimate of drug-likeness (QED) is 0.327. The van der Waals surface area contributed by atoms with E-state index >= 15 is 0 Å². The second kappa shape index (κ2) is 10.3. The first-order chi connectivity index (χ1) is 17.2. The van der Waals surface area contributed by atoms with Gasteiger partial charge in [-0.15, -0.1) is 6.58 Å². The van der Waals surface area contributed by atoms with E-state index in [4.69, 9.17) is 4.74 Å². The number of nitrogens with zero attached hydrogens (tertiary/aromatic N) is 6. The van der Waals surface area contributed by atoms with Gasteiger partial charge in [-0.3, -0.25) is 4.79 Å². The number of ether oxygens (including phenoxy) is 1. The molecule has 3 heterocycles. The van der Waals surface area contributed by atoms with E-state index in [0.717, 1.165) is 18.0 Å². The standard InChI is InChI=1S/C26H31N7O3/c1-6-14-32-24(34)20-17-27-25(28-18-10-12-19(13-11-18)36-16-15-31(4)5)30-23(20)33(32)22-9-7-8-21(29-22)26(2,3)35/h6-13,17,35H,1,14-16H2,2-5H3,(H,27,28,30). The molecule has 0 atom stereocenters. The number of hydrogen-bond donors (Lipinski definition) is 2. The number of aromatic nitrogens is 5. The van der Waals surface area contributed by atoms with Crippen LogP contribution in [0.25, 0.3) is 16.9 Å². The topological polar surface area (TPSA) is 110 Å².